The molecule has 1 aliphatic rings. The van der Waals surface area contributed by atoms with Gasteiger partial charge in [0.05, 0.1) is 26.3 Å². The molecule has 2 amide bonds. The molecule has 0 aromatic rings. The number of hydrogen-bond donors (Lipinski definition) is 2. The number of nitrogens with one attached hydrogen (secondary N) is 2. The molecule has 2 N–H and O–H groups in total. The first-order valence-electron chi connectivity index (χ1n) is 26.7. The zero-order valence-electron chi connectivity index (χ0n) is 41.2. The topological polar surface area (TPSA) is 117 Å². The van der Waals surface area contributed by atoms with E-state index in [0.29, 0.717) is 0 Å². The molecule has 1 aliphatic heterocycles. The maximum absolute atomic E-state index is 13.0. The molecule has 0 saturated carbocycles. The van der Waals surface area contributed by atoms with Gasteiger partial charge >= 0.3 is 11.9 Å². The van der Waals surface area contributed by atoms with E-state index in [2.05, 4.69) is 48.1 Å². The van der Waals surface area contributed by atoms with E-state index in [-0.39, 0.29) is 62.9 Å². The van der Waals surface area contributed by atoms with E-state index in [0.717, 1.165) is 51.9 Å². The minimum Gasteiger partial charge on any atom is -0.465 e. The number of carbonyl (C=O) groups is 4. The Morgan fingerprint density at radius 2 is 0.613 bits per heavy atom. The minimum atomic E-state index is -0.763. The number of nitrogens with zero attached hydrogens (tertiary/aromatic N) is 2. The number of rotatable bonds is 46. The van der Waals surface area contributed by atoms with Crippen molar-refractivity contribution >= 4 is 23.8 Å². The van der Waals surface area contributed by atoms with Crippen LogP contribution in [0.1, 0.15) is 246 Å². The van der Waals surface area contributed by atoms with Gasteiger partial charge in [0.15, 0.2) is 0 Å². The van der Waals surface area contributed by atoms with Gasteiger partial charge in [-0.25, -0.2) is 0 Å². The molecule has 0 spiro atoms. The minimum absolute atomic E-state index is 0.0667. The molecule has 2 atom stereocenters. The molecule has 0 unspecified atom stereocenters. The highest BCUT2D eigenvalue weighted by atomic mass is 16.5. The zero-order valence-corrected chi connectivity index (χ0v) is 41.2. The molecular formula is C52H100N4O6. The smallest absolute Gasteiger partial charge is 0.320 e. The lowest BCUT2D eigenvalue weighted by atomic mass is 10.1. The van der Waals surface area contributed by atoms with Crippen LogP contribution in [0.25, 0.3) is 0 Å². The fraction of sp³-hybridized carbons (Fsp3) is 0.923. The van der Waals surface area contributed by atoms with E-state index in [4.69, 9.17) is 9.47 Å². The summed E-state index contributed by atoms with van der Waals surface area (Å²) in [6, 6.07) is -1.53. The molecule has 1 saturated heterocycles. The molecular weight excluding hydrogens is 777 g/mol. The molecule has 0 aromatic heterocycles. The third-order valence-electron chi connectivity index (χ3n) is 12.6. The summed E-state index contributed by atoms with van der Waals surface area (Å²) in [4.78, 5) is 56.3. The van der Waals surface area contributed by atoms with Crippen molar-refractivity contribution in [3.05, 3.63) is 0 Å². The highest BCUT2D eigenvalue weighted by Gasteiger charge is 2.33. The van der Waals surface area contributed by atoms with Crippen LogP contribution in [0.4, 0.5) is 0 Å². The number of ether oxygens (including phenoxy) is 2. The number of esters is 2. The number of hydrogen-bond acceptors (Lipinski definition) is 8. The lowest BCUT2D eigenvalue weighted by Crippen LogP contribution is -2.62. The molecule has 1 heterocycles. The monoisotopic (exact) mass is 877 g/mol. The quantitative estimate of drug-likeness (QED) is 0.0459. The predicted octanol–water partition coefficient (Wildman–Crippen LogP) is 12.0. The largest absolute Gasteiger partial charge is 0.465 e. The van der Waals surface area contributed by atoms with Crippen LogP contribution < -0.4 is 10.6 Å². The van der Waals surface area contributed by atoms with Crippen molar-refractivity contribution in [2.24, 2.45) is 0 Å². The fourth-order valence-corrected chi connectivity index (χ4v) is 8.54. The third-order valence-corrected chi connectivity index (χ3v) is 12.6. The Balaban J connectivity index is 2.46. The average molecular weight is 877 g/mol. The van der Waals surface area contributed by atoms with Gasteiger partial charge in [-0.3, -0.25) is 29.0 Å². The van der Waals surface area contributed by atoms with Crippen molar-refractivity contribution in [2.45, 2.75) is 258 Å². The van der Waals surface area contributed by atoms with Crippen LogP contribution in [0.15, 0.2) is 0 Å². The first kappa shape index (κ1) is 57.8. The Kier molecular flexibility index (Phi) is 39.9. The van der Waals surface area contributed by atoms with Crippen LogP contribution >= 0.6 is 0 Å². The van der Waals surface area contributed by atoms with Gasteiger partial charge in [0.1, 0.15) is 12.1 Å². The van der Waals surface area contributed by atoms with E-state index in [1.165, 1.54) is 180 Å². The zero-order chi connectivity index (χ0) is 45.1. The Labute approximate surface area is 382 Å². The molecule has 0 radical (unpaired) electrons. The van der Waals surface area contributed by atoms with Crippen LogP contribution in [0.2, 0.25) is 0 Å². The summed E-state index contributed by atoms with van der Waals surface area (Å²) in [5.41, 5.74) is 0. The van der Waals surface area contributed by atoms with Gasteiger partial charge in [-0.15, -0.1) is 0 Å². The van der Waals surface area contributed by atoms with Crippen molar-refractivity contribution in [3.8, 4) is 0 Å². The molecule has 0 aliphatic carbocycles. The summed E-state index contributed by atoms with van der Waals surface area (Å²) < 4.78 is 11.2. The SMILES string of the molecule is CCCCCCCCCCN(CCCCCCCCCC)CC(=O)OCC[C@@H]1NC(=O)[C@H](CCOC(=O)CN(CCCCCCCCCC)CCCCCCCCCC)NC1=O. The maximum Gasteiger partial charge on any atom is 0.320 e. The Morgan fingerprint density at radius 3 is 0.855 bits per heavy atom. The van der Waals surface area contributed by atoms with E-state index < -0.39 is 12.1 Å². The van der Waals surface area contributed by atoms with Crippen molar-refractivity contribution in [3.63, 3.8) is 0 Å². The molecule has 62 heavy (non-hydrogen) atoms. The van der Waals surface area contributed by atoms with Gasteiger partial charge in [0.2, 0.25) is 11.8 Å². The van der Waals surface area contributed by atoms with E-state index in [9.17, 15) is 19.2 Å². The number of carbonyl (C=O) groups excluding carboxylic acids is 4. The highest BCUT2D eigenvalue weighted by molar-refractivity contribution is 5.96. The summed E-state index contributed by atoms with van der Waals surface area (Å²) in [6.45, 7) is 13.2. The first-order chi connectivity index (χ1) is 30.3. The first-order valence-corrected chi connectivity index (χ1v) is 26.7. The molecule has 364 valence electrons. The Hall–Kier alpha value is -2.20. The standard InChI is InChI=1S/C52H100N4O6/c1-5-9-13-17-21-25-29-33-39-55(40-34-30-26-22-18-14-10-6-2)45-49(57)61-43-37-47-51(59)54-48(52(60)53-47)38-44-62-50(58)46-56(41-35-31-27-23-19-15-11-7-3)42-36-32-28-24-20-16-12-8-4/h47-48H,5-46H2,1-4H3,(H,53,60)(H,54,59)/t47-,48-/m0/s1. The molecule has 1 fully saturated rings. The van der Waals surface area contributed by atoms with Crippen molar-refractivity contribution in [2.75, 3.05) is 52.5 Å². The summed E-state index contributed by atoms with van der Waals surface area (Å²) in [5, 5.41) is 5.61. The molecule has 10 heteroatoms. The maximum atomic E-state index is 13.0. The summed E-state index contributed by atoms with van der Waals surface area (Å²) in [7, 11) is 0. The van der Waals surface area contributed by atoms with Gasteiger partial charge in [-0.2, -0.15) is 0 Å². The van der Waals surface area contributed by atoms with Crippen LogP contribution in [-0.4, -0.2) is 98.1 Å². The van der Waals surface area contributed by atoms with Gasteiger partial charge in [0.25, 0.3) is 0 Å². The van der Waals surface area contributed by atoms with Crippen molar-refractivity contribution < 1.29 is 28.7 Å². The second-order valence-corrected chi connectivity index (χ2v) is 18.6. The van der Waals surface area contributed by atoms with Crippen LogP contribution in [0.3, 0.4) is 0 Å². The number of unbranched alkanes of at least 4 members (excludes halogenated alkanes) is 28. The van der Waals surface area contributed by atoms with Gasteiger partial charge in [-0.05, 0) is 51.9 Å². The van der Waals surface area contributed by atoms with Gasteiger partial charge in [-0.1, -0.05) is 207 Å². The second-order valence-electron chi connectivity index (χ2n) is 18.6. The van der Waals surface area contributed by atoms with Crippen LogP contribution in [-0.2, 0) is 28.7 Å². The predicted molar refractivity (Wildman–Crippen MR) is 258 cm³/mol. The van der Waals surface area contributed by atoms with Gasteiger partial charge in [0, 0.05) is 12.8 Å². The normalized spacial score (nSPS) is 15.3. The lowest BCUT2D eigenvalue weighted by Gasteiger charge is -2.29. The Morgan fingerprint density at radius 1 is 0.387 bits per heavy atom. The average Bonchev–Trinajstić information content (AvgIpc) is 3.25. The third kappa shape index (κ3) is 34.2. The second kappa shape index (κ2) is 42.7. The van der Waals surface area contributed by atoms with Crippen molar-refractivity contribution in [1.29, 1.82) is 0 Å². The summed E-state index contributed by atoms with van der Waals surface area (Å²) in [5.74, 6) is -1.16. The molecule has 10 nitrogen and oxygen atoms in total. The summed E-state index contributed by atoms with van der Waals surface area (Å²) >= 11 is 0. The number of piperazine rings is 1. The summed E-state index contributed by atoms with van der Waals surface area (Å²) in [6.07, 6.45) is 40.6. The molecule has 0 bridgehead atoms. The molecule has 0 aromatic carbocycles. The van der Waals surface area contributed by atoms with E-state index in [1.807, 2.05) is 0 Å². The van der Waals surface area contributed by atoms with Crippen LogP contribution in [0, 0.1) is 0 Å². The van der Waals surface area contributed by atoms with Gasteiger partial charge < -0.3 is 20.1 Å². The Bertz CT molecular complexity index is 954. The fourth-order valence-electron chi connectivity index (χ4n) is 8.54. The lowest BCUT2D eigenvalue weighted by molar-refractivity contribution is -0.148. The number of amides is 2. The van der Waals surface area contributed by atoms with E-state index in [1.54, 1.807) is 0 Å². The van der Waals surface area contributed by atoms with Crippen LogP contribution in [0.5, 0.6) is 0 Å². The van der Waals surface area contributed by atoms with Crippen molar-refractivity contribution in [1.82, 2.24) is 20.4 Å². The van der Waals surface area contributed by atoms with E-state index >= 15 is 0 Å². The highest BCUT2D eigenvalue weighted by Crippen LogP contribution is 2.14. The molecule has 1 rings (SSSR count).